The first-order valence-corrected chi connectivity index (χ1v) is 12.0. The molecule has 0 radical (unpaired) electrons. The average Bonchev–Trinajstić information content (AvgIpc) is 3.25. The Kier molecular flexibility index (Phi) is 7.33. The highest BCUT2D eigenvalue weighted by Gasteiger charge is 2.34. The standard InChI is InChI=1S/C28H31N5O3/c1-5-36-22-17-15-20(16-18-22)26(27(35)29-28(2,3)4)33(21-11-7-6-8-12-21)25(34)19-32-24-14-10-9-13-23(24)30-31-32/h6-18,26H,5,19H2,1-4H3,(H,29,35)/t26-/m0/s1. The van der Waals surface area contributed by atoms with E-state index in [1.165, 1.54) is 4.90 Å². The molecule has 36 heavy (non-hydrogen) atoms. The lowest BCUT2D eigenvalue weighted by molar-refractivity contribution is -0.128. The number of hydrogen-bond acceptors (Lipinski definition) is 5. The zero-order valence-electron chi connectivity index (χ0n) is 21.0. The van der Waals surface area contributed by atoms with Crippen molar-refractivity contribution in [2.75, 3.05) is 11.5 Å². The summed E-state index contributed by atoms with van der Waals surface area (Å²) in [5.41, 5.74) is 2.23. The Morgan fingerprint density at radius 1 is 0.972 bits per heavy atom. The van der Waals surface area contributed by atoms with Gasteiger partial charge >= 0.3 is 0 Å². The van der Waals surface area contributed by atoms with Gasteiger partial charge in [0.05, 0.1) is 12.1 Å². The predicted octanol–water partition coefficient (Wildman–Crippen LogP) is 4.52. The van der Waals surface area contributed by atoms with Crippen LogP contribution in [-0.2, 0) is 16.1 Å². The highest BCUT2D eigenvalue weighted by molar-refractivity contribution is 6.01. The number of rotatable bonds is 8. The molecule has 0 spiro atoms. The summed E-state index contributed by atoms with van der Waals surface area (Å²) in [5, 5.41) is 11.4. The quantitative estimate of drug-likeness (QED) is 0.396. The number of carbonyl (C=O) groups is 2. The fourth-order valence-electron chi connectivity index (χ4n) is 4.03. The monoisotopic (exact) mass is 485 g/mol. The van der Waals surface area contributed by atoms with Crippen LogP contribution >= 0.6 is 0 Å². The van der Waals surface area contributed by atoms with E-state index in [1.807, 2.05) is 107 Å². The van der Waals surface area contributed by atoms with Gasteiger partial charge in [0.15, 0.2) is 0 Å². The van der Waals surface area contributed by atoms with Crippen LogP contribution in [0.2, 0.25) is 0 Å². The van der Waals surface area contributed by atoms with Gasteiger partial charge in [0.1, 0.15) is 23.9 Å². The topological polar surface area (TPSA) is 89.4 Å². The van der Waals surface area contributed by atoms with Crippen molar-refractivity contribution in [2.24, 2.45) is 0 Å². The SMILES string of the molecule is CCOc1ccc([C@@H](C(=O)NC(C)(C)C)N(C(=O)Cn2nnc3ccccc32)c2ccccc2)cc1. The number of carbonyl (C=O) groups excluding carboxylic acids is 2. The molecule has 4 rings (SSSR count). The van der Waals surface area contributed by atoms with Crippen LogP contribution in [0.1, 0.15) is 39.3 Å². The Balaban J connectivity index is 1.78. The summed E-state index contributed by atoms with van der Waals surface area (Å²) in [7, 11) is 0. The lowest BCUT2D eigenvalue weighted by Crippen LogP contribution is -2.50. The van der Waals surface area contributed by atoms with E-state index in [1.54, 1.807) is 4.68 Å². The van der Waals surface area contributed by atoms with Crippen molar-refractivity contribution in [1.29, 1.82) is 0 Å². The summed E-state index contributed by atoms with van der Waals surface area (Å²) >= 11 is 0. The van der Waals surface area contributed by atoms with E-state index >= 15 is 0 Å². The number of fused-ring (bicyclic) bond motifs is 1. The van der Waals surface area contributed by atoms with Crippen molar-refractivity contribution in [2.45, 2.75) is 45.8 Å². The van der Waals surface area contributed by atoms with Gasteiger partial charge in [-0.25, -0.2) is 4.68 Å². The van der Waals surface area contributed by atoms with Crippen LogP contribution in [-0.4, -0.2) is 39.0 Å². The van der Waals surface area contributed by atoms with Crippen LogP contribution in [0.5, 0.6) is 5.75 Å². The fourth-order valence-corrected chi connectivity index (χ4v) is 4.03. The smallest absolute Gasteiger partial charge is 0.249 e. The van der Waals surface area contributed by atoms with Crippen molar-refractivity contribution < 1.29 is 14.3 Å². The Labute approximate surface area is 210 Å². The van der Waals surface area contributed by atoms with Gasteiger partial charge in [-0.15, -0.1) is 5.10 Å². The summed E-state index contributed by atoms with van der Waals surface area (Å²) in [4.78, 5) is 29.2. The van der Waals surface area contributed by atoms with E-state index in [-0.39, 0.29) is 18.4 Å². The molecule has 1 aromatic heterocycles. The van der Waals surface area contributed by atoms with E-state index < -0.39 is 11.6 Å². The molecule has 0 aliphatic heterocycles. The van der Waals surface area contributed by atoms with Gasteiger partial charge in [-0.2, -0.15) is 0 Å². The van der Waals surface area contributed by atoms with E-state index in [4.69, 9.17) is 4.74 Å². The highest BCUT2D eigenvalue weighted by Crippen LogP contribution is 2.30. The number of para-hydroxylation sites is 2. The molecule has 186 valence electrons. The molecule has 1 atom stereocenters. The molecule has 0 fully saturated rings. The van der Waals surface area contributed by atoms with Crippen LogP contribution in [0, 0.1) is 0 Å². The van der Waals surface area contributed by atoms with Gasteiger partial charge in [0.25, 0.3) is 0 Å². The number of nitrogens with one attached hydrogen (secondary N) is 1. The summed E-state index contributed by atoms with van der Waals surface area (Å²) < 4.78 is 7.15. The molecule has 0 unspecified atom stereocenters. The molecular formula is C28H31N5O3. The Morgan fingerprint density at radius 2 is 1.64 bits per heavy atom. The molecule has 0 saturated heterocycles. The number of hydrogen-bond donors (Lipinski definition) is 1. The van der Waals surface area contributed by atoms with Crippen LogP contribution in [0.4, 0.5) is 5.69 Å². The first-order valence-electron chi connectivity index (χ1n) is 12.0. The van der Waals surface area contributed by atoms with E-state index in [2.05, 4.69) is 15.6 Å². The molecule has 0 aliphatic rings. The molecule has 1 heterocycles. The molecule has 0 aliphatic carbocycles. The minimum atomic E-state index is -0.912. The van der Waals surface area contributed by atoms with Crippen molar-refractivity contribution >= 4 is 28.5 Å². The van der Waals surface area contributed by atoms with Crippen LogP contribution < -0.4 is 15.0 Å². The van der Waals surface area contributed by atoms with Gasteiger partial charge in [-0.05, 0) is 69.7 Å². The maximum Gasteiger partial charge on any atom is 0.249 e. The zero-order chi connectivity index (χ0) is 25.7. The third-order valence-corrected chi connectivity index (χ3v) is 5.52. The fraction of sp³-hybridized carbons (Fsp3) is 0.286. The number of benzene rings is 3. The second-order valence-corrected chi connectivity index (χ2v) is 9.48. The minimum Gasteiger partial charge on any atom is -0.494 e. The third kappa shape index (κ3) is 5.71. The number of ether oxygens (including phenoxy) is 1. The second-order valence-electron chi connectivity index (χ2n) is 9.48. The first kappa shape index (κ1) is 24.9. The summed E-state index contributed by atoms with van der Waals surface area (Å²) in [6, 6.07) is 23.0. The van der Waals surface area contributed by atoms with E-state index in [0.717, 1.165) is 5.52 Å². The molecule has 8 nitrogen and oxygen atoms in total. The van der Waals surface area contributed by atoms with E-state index in [9.17, 15) is 9.59 Å². The molecule has 8 heteroatoms. The van der Waals surface area contributed by atoms with E-state index in [0.29, 0.717) is 29.1 Å². The number of aromatic nitrogens is 3. The lowest BCUT2D eigenvalue weighted by Gasteiger charge is -2.34. The first-order chi connectivity index (χ1) is 17.3. The Morgan fingerprint density at radius 3 is 2.31 bits per heavy atom. The second kappa shape index (κ2) is 10.6. The maximum absolute atomic E-state index is 13.9. The summed E-state index contributed by atoms with van der Waals surface area (Å²) in [6.07, 6.45) is 0. The number of amides is 2. The summed E-state index contributed by atoms with van der Waals surface area (Å²) in [5.74, 6) is 0.120. The highest BCUT2D eigenvalue weighted by atomic mass is 16.5. The molecule has 2 amide bonds. The van der Waals surface area contributed by atoms with Crippen molar-refractivity contribution in [3.05, 3.63) is 84.4 Å². The number of nitrogens with zero attached hydrogens (tertiary/aromatic N) is 4. The van der Waals surface area contributed by atoms with Gasteiger partial charge < -0.3 is 10.1 Å². The normalized spacial score (nSPS) is 12.2. The van der Waals surface area contributed by atoms with Crippen LogP contribution in [0.15, 0.2) is 78.9 Å². The lowest BCUT2D eigenvalue weighted by atomic mass is 10.0. The molecule has 1 N–H and O–H groups in total. The van der Waals surface area contributed by atoms with Gasteiger partial charge in [-0.3, -0.25) is 14.5 Å². The van der Waals surface area contributed by atoms with Gasteiger partial charge in [0.2, 0.25) is 11.8 Å². The predicted molar refractivity (Wildman–Crippen MR) is 140 cm³/mol. The van der Waals surface area contributed by atoms with Crippen LogP contribution in [0.25, 0.3) is 11.0 Å². The maximum atomic E-state index is 13.9. The molecular weight excluding hydrogens is 454 g/mol. The van der Waals surface area contributed by atoms with Crippen molar-refractivity contribution in [1.82, 2.24) is 20.3 Å². The van der Waals surface area contributed by atoms with Gasteiger partial charge in [-0.1, -0.05) is 47.7 Å². The Bertz CT molecular complexity index is 1330. The largest absolute Gasteiger partial charge is 0.494 e. The Hall–Kier alpha value is -4.20. The molecule has 4 aromatic rings. The molecule has 3 aromatic carbocycles. The van der Waals surface area contributed by atoms with Crippen molar-refractivity contribution in [3.8, 4) is 5.75 Å². The van der Waals surface area contributed by atoms with Crippen molar-refractivity contribution in [3.63, 3.8) is 0 Å². The minimum absolute atomic E-state index is 0.0776. The van der Waals surface area contributed by atoms with Crippen LogP contribution in [0.3, 0.4) is 0 Å². The average molecular weight is 486 g/mol. The third-order valence-electron chi connectivity index (χ3n) is 5.52. The number of anilines is 1. The molecule has 0 saturated carbocycles. The molecule has 0 bridgehead atoms. The van der Waals surface area contributed by atoms with Gasteiger partial charge in [0, 0.05) is 11.2 Å². The zero-order valence-corrected chi connectivity index (χ0v) is 21.0. The summed E-state index contributed by atoms with van der Waals surface area (Å²) in [6.45, 7) is 8.11.